The van der Waals surface area contributed by atoms with E-state index in [4.69, 9.17) is 4.98 Å². The Morgan fingerprint density at radius 3 is 2.25 bits per heavy atom. The van der Waals surface area contributed by atoms with Gasteiger partial charge in [0.15, 0.2) is 0 Å². The molecule has 7 heteroatoms. The summed E-state index contributed by atoms with van der Waals surface area (Å²) >= 11 is 0. The first-order valence-electron chi connectivity index (χ1n) is 9.94. The fourth-order valence-electron chi connectivity index (χ4n) is 4.49. The smallest absolute Gasteiger partial charge is 0.225 e. The Balaban J connectivity index is 0.00000140. The number of hydrogen-bond donors (Lipinski definition) is 1. The maximum absolute atomic E-state index is 4.86. The number of pyridine rings is 1. The Morgan fingerprint density at radius 1 is 0.893 bits per heavy atom. The van der Waals surface area contributed by atoms with Crippen molar-refractivity contribution in [3.63, 3.8) is 0 Å². The molecule has 4 rings (SSSR count). The molecule has 0 amide bonds. The molecule has 2 aliphatic rings. The predicted octanol–water partition coefficient (Wildman–Crippen LogP) is 4.22. The molecule has 0 radical (unpaired) electrons. The molecule has 0 aromatic carbocycles. The molecule has 5 nitrogen and oxygen atoms in total. The summed E-state index contributed by atoms with van der Waals surface area (Å²) in [5.74, 6) is 2.65. The van der Waals surface area contributed by atoms with Crippen molar-refractivity contribution in [3.05, 3.63) is 35.8 Å². The van der Waals surface area contributed by atoms with Gasteiger partial charge in [-0.3, -0.25) is 4.98 Å². The van der Waals surface area contributed by atoms with E-state index < -0.39 is 0 Å². The summed E-state index contributed by atoms with van der Waals surface area (Å²) in [4.78, 5) is 16.4. The molecule has 28 heavy (non-hydrogen) atoms. The zero-order valence-electron chi connectivity index (χ0n) is 16.7. The Kier molecular flexibility index (Phi) is 8.47. The molecule has 2 fully saturated rings. The highest BCUT2D eigenvalue weighted by Crippen LogP contribution is 2.32. The summed E-state index contributed by atoms with van der Waals surface area (Å²) in [6.07, 6.45) is 7.11. The van der Waals surface area contributed by atoms with E-state index in [1.807, 2.05) is 19.2 Å². The van der Waals surface area contributed by atoms with Crippen LogP contribution >= 0.6 is 24.8 Å². The van der Waals surface area contributed by atoms with Gasteiger partial charge in [0.05, 0.1) is 5.69 Å². The predicted molar refractivity (Wildman–Crippen MR) is 120 cm³/mol. The topological polar surface area (TPSA) is 53.9 Å². The molecule has 0 bridgehead atoms. The number of nitrogens with one attached hydrogen (secondary N) is 1. The minimum Gasteiger partial charge on any atom is -0.341 e. The van der Waals surface area contributed by atoms with Crippen molar-refractivity contribution in [3.8, 4) is 11.3 Å². The van der Waals surface area contributed by atoms with Gasteiger partial charge in [-0.1, -0.05) is 0 Å². The molecular formula is C21H31Cl2N5. The van der Waals surface area contributed by atoms with Crippen molar-refractivity contribution >= 4 is 30.8 Å². The third-order valence-electron chi connectivity index (χ3n) is 6.02. The van der Waals surface area contributed by atoms with Crippen LogP contribution in [0.1, 0.15) is 37.1 Å². The zero-order valence-corrected chi connectivity index (χ0v) is 18.4. The molecule has 1 N–H and O–H groups in total. The number of aromatic nitrogens is 3. The van der Waals surface area contributed by atoms with Crippen LogP contribution in [0.3, 0.4) is 0 Å². The quantitative estimate of drug-likeness (QED) is 0.800. The van der Waals surface area contributed by atoms with Crippen LogP contribution in [0.5, 0.6) is 0 Å². The van der Waals surface area contributed by atoms with Crippen LogP contribution < -0.4 is 10.2 Å². The van der Waals surface area contributed by atoms with Gasteiger partial charge in [0.2, 0.25) is 5.95 Å². The molecule has 0 unspecified atom stereocenters. The van der Waals surface area contributed by atoms with Crippen molar-refractivity contribution in [1.82, 2.24) is 20.3 Å². The maximum atomic E-state index is 4.86. The lowest BCUT2D eigenvalue weighted by atomic mass is 9.79. The van der Waals surface area contributed by atoms with E-state index in [0.717, 1.165) is 53.5 Å². The third kappa shape index (κ3) is 5.13. The van der Waals surface area contributed by atoms with Crippen LogP contribution in [0, 0.1) is 25.7 Å². The molecule has 154 valence electrons. The lowest BCUT2D eigenvalue weighted by Gasteiger charge is -2.37. The molecule has 2 saturated heterocycles. The van der Waals surface area contributed by atoms with E-state index in [0.29, 0.717) is 0 Å². The monoisotopic (exact) mass is 423 g/mol. The van der Waals surface area contributed by atoms with Crippen LogP contribution in [0.2, 0.25) is 0 Å². The van der Waals surface area contributed by atoms with Gasteiger partial charge in [0.25, 0.3) is 0 Å². The lowest BCUT2D eigenvalue weighted by Crippen LogP contribution is -2.40. The average molecular weight is 424 g/mol. The van der Waals surface area contributed by atoms with Gasteiger partial charge in [0.1, 0.15) is 0 Å². The Morgan fingerprint density at radius 2 is 1.57 bits per heavy atom. The van der Waals surface area contributed by atoms with Crippen LogP contribution in [0.15, 0.2) is 24.4 Å². The fraction of sp³-hybridized carbons (Fsp3) is 0.571. The third-order valence-corrected chi connectivity index (χ3v) is 6.02. The molecule has 0 atom stereocenters. The zero-order chi connectivity index (χ0) is 17.9. The van der Waals surface area contributed by atoms with Crippen LogP contribution in [0.25, 0.3) is 11.3 Å². The summed E-state index contributed by atoms with van der Waals surface area (Å²) in [7, 11) is 0. The van der Waals surface area contributed by atoms with Crippen LogP contribution in [-0.4, -0.2) is 41.1 Å². The highest BCUT2D eigenvalue weighted by molar-refractivity contribution is 5.85. The van der Waals surface area contributed by atoms with Crippen molar-refractivity contribution in [2.45, 2.75) is 39.5 Å². The molecular weight excluding hydrogens is 393 g/mol. The average Bonchev–Trinajstić information content (AvgIpc) is 2.69. The SMILES string of the molecule is Cc1ccc(-c2ccnc(N3CCC(C4CCNCC4)CC3)n2)c(C)n1.Cl.Cl. The van der Waals surface area contributed by atoms with Crippen molar-refractivity contribution in [2.24, 2.45) is 11.8 Å². The molecule has 2 aliphatic heterocycles. The molecule has 0 saturated carbocycles. The second kappa shape index (κ2) is 10.4. The van der Waals surface area contributed by atoms with E-state index in [2.05, 4.69) is 39.2 Å². The van der Waals surface area contributed by atoms with E-state index >= 15 is 0 Å². The van der Waals surface area contributed by atoms with E-state index in [1.54, 1.807) is 0 Å². The minimum absolute atomic E-state index is 0. The molecule has 2 aromatic rings. The summed E-state index contributed by atoms with van der Waals surface area (Å²) < 4.78 is 0. The Labute approximate surface area is 180 Å². The number of nitrogens with zero attached hydrogens (tertiary/aromatic N) is 4. The van der Waals surface area contributed by atoms with Gasteiger partial charge in [-0.05, 0) is 82.7 Å². The van der Waals surface area contributed by atoms with Crippen LogP contribution in [0.4, 0.5) is 5.95 Å². The van der Waals surface area contributed by atoms with Gasteiger partial charge in [0, 0.05) is 36.2 Å². The number of anilines is 1. The highest BCUT2D eigenvalue weighted by atomic mass is 35.5. The summed E-state index contributed by atoms with van der Waals surface area (Å²) in [5, 5.41) is 3.48. The maximum Gasteiger partial charge on any atom is 0.225 e. The second-order valence-electron chi connectivity index (χ2n) is 7.74. The molecule has 0 aliphatic carbocycles. The number of rotatable bonds is 3. The Hall–Kier alpha value is -1.43. The van der Waals surface area contributed by atoms with Gasteiger partial charge in [-0.25, -0.2) is 9.97 Å². The van der Waals surface area contributed by atoms with Crippen molar-refractivity contribution < 1.29 is 0 Å². The van der Waals surface area contributed by atoms with Crippen LogP contribution in [-0.2, 0) is 0 Å². The van der Waals surface area contributed by atoms with Gasteiger partial charge in [-0.2, -0.15) is 0 Å². The fourth-order valence-corrected chi connectivity index (χ4v) is 4.49. The second-order valence-corrected chi connectivity index (χ2v) is 7.74. The normalized spacial score (nSPS) is 18.3. The lowest BCUT2D eigenvalue weighted by molar-refractivity contribution is 0.221. The highest BCUT2D eigenvalue weighted by Gasteiger charge is 2.28. The number of aryl methyl sites for hydroxylation is 2. The molecule has 4 heterocycles. The van der Waals surface area contributed by atoms with E-state index in [9.17, 15) is 0 Å². The summed E-state index contributed by atoms with van der Waals surface area (Å²) in [5.41, 5.74) is 4.14. The van der Waals surface area contributed by atoms with Crippen molar-refractivity contribution in [1.29, 1.82) is 0 Å². The summed E-state index contributed by atoms with van der Waals surface area (Å²) in [6.45, 7) is 8.61. The van der Waals surface area contributed by atoms with Gasteiger partial charge in [-0.15, -0.1) is 24.8 Å². The molecule has 2 aromatic heterocycles. The first kappa shape index (κ1) is 22.9. The molecule has 0 spiro atoms. The first-order valence-corrected chi connectivity index (χ1v) is 9.94. The summed E-state index contributed by atoms with van der Waals surface area (Å²) in [6, 6.07) is 6.16. The van der Waals surface area contributed by atoms with Crippen molar-refractivity contribution in [2.75, 3.05) is 31.1 Å². The number of piperidine rings is 2. The first-order chi connectivity index (χ1) is 12.7. The van der Waals surface area contributed by atoms with E-state index in [-0.39, 0.29) is 24.8 Å². The standard InChI is InChI=1S/C21H29N5.2ClH/c1-15-3-4-19(16(2)24-15)20-7-12-23-21(25-20)26-13-8-18(9-14-26)17-5-10-22-11-6-17;;/h3-4,7,12,17-18,22H,5-6,8-11,13-14H2,1-2H3;2*1H. The van der Waals surface area contributed by atoms with E-state index in [1.165, 1.54) is 38.8 Å². The Bertz CT molecular complexity index is 756. The number of halogens is 2. The number of hydrogen-bond acceptors (Lipinski definition) is 5. The van der Waals surface area contributed by atoms with Gasteiger partial charge >= 0.3 is 0 Å². The van der Waals surface area contributed by atoms with Gasteiger partial charge < -0.3 is 10.2 Å². The minimum atomic E-state index is 0. The largest absolute Gasteiger partial charge is 0.341 e.